The SMILES string of the molecule is CO[C@@H]1[C@H](O)[C@@H](O[C@@H]2C[C@H]3CC[C@@H]4C(CC[C@]5(C)[C@@H](C6=CC(=O)OC6)CC[C@]45O)[C@@]3(C)[C@H](O)C2)O[C@H](C)[C@@H]1O[C@@H]1O[C@H](CO)[C@@H](O)[C@H](O)[C@H]1O. The molecular formula is C36H56O14. The van der Waals surface area contributed by atoms with Crippen molar-refractivity contribution in [3.05, 3.63) is 11.6 Å². The second kappa shape index (κ2) is 13.5. The number of carbonyl (C=O) groups excluding carboxylic acids is 1. The van der Waals surface area contributed by atoms with Gasteiger partial charge in [0.1, 0.15) is 49.3 Å². The maximum atomic E-state index is 12.5. The van der Waals surface area contributed by atoms with E-state index in [-0.39, 0.29) is 35.1 Å². The van der Waals surface area contributed by atoms with Gasteiger partial charge in [-0.15, -0.1) is 0 Å². The Morgan fingerprint density at radius 3 is 2.28 bits per heavy atom. The van der Waals surface area contributed by atoms with Gasteiger partial charge in [-0.25, -0.2) is 4.79 Å². The molecule has 284 valence electrons. The summed E-state index contributed by atoms with van der Waals surface area (Å²) in [5.74, 6) is 0.0825. The normalized spacial score (nSPS) is 55.1. The summed E-state index contributed by atoms with van der Waals surface area (Å²) in [4.78, 5) is 11.9. The van der Waals surface area contributed by atoms with Crippen molar-refractivity contribution in [2.45, 2.75) is 151 Å². The van der Waals surface area contributed by atoms with Gasteiger partial charge in [-0.2, -0.15) is 0 Å². The molecule has 6 fully saturated rings. The molecule has 7 aliphatic rings. The Morgan fingerprint density at radius 2 is 1.60 bits per heavy atom. The van der Waals surface area contributed by atoms with Crippen LogP contribution in [0.1, 0.15) is 72.1 Å². The largest absolute Gasteiger partial charge is 0.458 e. The molecule has 0 aromatic carbocycles. The summed E-state index contributed by atoms with van der Waals surface area (Å²) in [5, 5.41) is 76.3. The molecule has 14 nitrogen and oxygen atoms in total. The first-order valence-electron chi connectivity index (χ1n) is 18.4. The van der Waals surface area contributed by atoms with Crippen LogP contribution < -0.4 is 0 Å². The molecule has 0 bridgehead atoms. The second-order valence-corrected chi connectivity index (χ2v) is 16.6. The van der Waals surface area contributed by atoms with Gasteiger partial charge in [-0.05, 0) is 86.5 Å². The van der Waals surface area contributed by atoms with Crippen LogP contribution >= 0.6 is 0 Å². The number of aliphatic hydroxyl groups excluding tert-OH is 6. The number of hydrogen-bond acceptors (Lipinski definition) is 14. The molecular weight excluding hydrogens is 656 g/mol. The molecule has 14 heteroatoms. The predicted octanol–water partition coefficient (Wildman–Crippen LogP) is -0.0948. The van der Waals surface area contributed by atoms with E-state index in [1.807, 2.05) is 0 Å². The minimum Gasteiger partial charge on any atom is -0.458 e. The van der Waals surface area contributed by atoms with Crippen molar-refractivity contribution in [1.29, 1.82) is 0 Å². The molecule has 7 rings (SSSR count). The summed E-state index contributed by atoms with van der Waals surface area (Å²) in [6.45, 7) is 5.75. The highest BCUT2D eigenvalue weighted by Crippen LogP contribution is 2.70. The van der Waals surface area contributed by atoms with Gasteiger partial charge in [0.25, 0.3) is 0 Å². The van der Waals surface area contributed by atoms with Crippen molar-refractivity contribution in [3.8, 4) is 0 Å². The van der Waals surface area contributed by atoms with E-state index in [1.54, 1.807) is 13.0 Å². The number of aliphatic hydroxyl groups is 7. The first-order chi connectivity index (χ1) is 23.7. The summed E-state index contributed by atoms with van der Waals surface area (Å²) < 4.78 is 34.9. The first kappa shape index (κ1) is 37.1. The monoisotopic (exact) mass is 712 g/mol. The molecule has 50 heavy (non-hydrogen) atoms. The van der Waals surface area contributed by atoms with Crippen molar-refractivity contribution in [2.24, 2.45) is 34.5 Å². The molecule has 2 saturated heterocycles. The number of fused-ring (bicyclic) bond motifs is 5. The van der Waals surface area contributed by atoms with Gasteiger partial charge in [0.15, 0.2) is 12.6 Å². The fourth-order valence-corrected chi connectivity index (χ4v) is 11.6. The van der Waals surface area contributed by atoms with Crippen molar-refractivity contribution in [2.75, 3.05) is 20.3 Å². The van der Waals surface area contributed by atoms with Crippen LogP contribution in [0.3, 0.4) is 0 Å². The van der Waals surface area contributed by atoms with E-state index >= 15 is 0 Å². The number of esters is 1. The summed E-state index contributed by atoms with van der Waals surface area (Å²) in [7, 11) is 1.40. The molecule has 3 heterocycles. The fraction of sp³-hybridized carbons (Fsp3) is 0.917. The fourth-order valence-electron chi connectivity index (χ4n) is 11.6. The molecule has 3 aliphatic heterocycles. The quantitative estimate of drug-likeness (QED) is 0.136. The molecule has 0 amide bonds. The lowest BCUT2D eigenvalue weighted by Crippen LogP contribution is -2.66. The third-order valence-electron chi connectivity index (χ3n) is 14.5. The zero-order chi connectivity index (χ0) is 35.9. The summed E-state index contributed by atoms with van der Waals surface area (Å²) in [5.41, 5.74) is -0.695. The van der Waals surface area contributed by atoms with Crippen molar-refractivity contribution < 1.29 is 69.0 Å². The van der Waals surface area contributed by atoms with E-state index in [0.29, 0.717) is 25.9 Å². The van der Waals surface area contributed by atoms with Crippen molar-refractivity contribution in [3.63, 3.8) is 0 Å². The lowest BCUT2D eigenvalue weighted by molar-refractivity contribution is -0.363. The second-order valence-electron chi connectivity index (χ2n) is 16.6. The molecule has 1 unspecified atom stereocenters. The Kier molecular flexibility index (Phi) is 10.0. The van der Waals surface area contributed by atoms with Crippen LogP contribution in [0, 0.1) is 34.5 Å². The van der Waals surface area contributed by atoms with Crippen molar-refractivity contribution >= 4 is 5.97 Å². The Balaban J connectivity index is 1.01. The van der Waals surface area contributed by atoms with Crippen molar-refractivity contribution in [1.82, 2.24) is 0 Å². The predicted molar refractivity (Wildman–Crippen MR) is 172 cm³/mol. The Labute approximate surface area is 292 Å². The van der Waals surface area contributed by atoms with Gasteiger partial charge in [-0.1, -0.05) is 13.8 Å². The maximum absolute atomic E-state index is 12.5. The minimum absolute atomic E-state index is 0.0330. The first-order valence-corrected chi connectivity index (χ1v) is 18.4. The van der Waals surface area contributed by atoms with E-state index in [1.165, 1.54) is 7.11 Å². The van der Waals surface area contributed by atoms with Crippen LogP contribution in [-0.4, -0.2) is 141 Å². The van der Waals surface area contributed by atoms with Crippen LogP contribution in [0.15, 0.2) is 11.6 Å². The van der Waals surface area contributed by atoms with Gasteiger partial charge in [0.05, 0.1) is 30.5 Å². The number of cyclic esters (lactones) is 1. The number of rotatable bonds is 7. The smallest absolute Gasteiger partial charge is 0.331 e. The zero-order valence-electron chi connectivity index (χ0n) is 29.4. The Bertz CT molecular complexity index is 1300. The third kappa shape index (κ3) is 5.63. The molecule has 0 radical (unpaired) electrons. The number of hydrogen-bond donors (Lipinski definition) is 7. The van der Waals surface area contributed by atoms with Gasteiger partial charge in [0.2, 0.25) is 0 Å². The number of ether oxygens (including phenoxy) is 6. The molecule has 19 atom stereocenters. The van der Waals surface area contributed by atoms with Gasteiger partial charge < -0.3 is 64.2 Å². The maximum Gasteiger partial charge on any atom is 0.331 e. The van der Waals surface area contributed by atoms with Gasteiger partial charge in [-0.3, -0.25) is 0 Å². The lowest BCUT2D eigenvalue weighted by Gasteiger charge is -2.64. The summed E-state index contributed by atoms with van der Waals surface area (Å²) in [6, 6.07) is 0. The summed E-state index contributed by atoms with van der Waals surface area (Å²) in [6.07, 6.45) is -6.17. The van der Waals surface area contributed by atoms with Crippen LogP contribution in [0.4, 0.5) is 0 Å². The lowest BCUT2D eigenvalue weighted by atomic mass is 9.42. The molecule has 4 saturated carbocycles. The van der Waals surface area contributed by atoms with Gasteiger partial charge in [0, 0.05) is 25.0 Å². The molecule has 4 aliphatic carbocycles. The minimum atomic E-state index is -1.63. The highest BCUT2D eigenvalue weighted by molar-refractivity contribution is 5.85. The van der Waals surface area contributed by atoms with Crippen LogP contribution in [-0.2, 0) is 33.2 Å². The topological polar surface area (TPSA) is 214 Å². The Morgan fingerprint density at radius 1 is 0.860 bits per heavy atom. The van der Waals surface area contributed by atoms with E-state index < -0.39 is 91.2 Å². The standard InChI is InChI=1S/C36H56O14/c1-16-30(50-32-28(42)27(41)26(40)23(14-37)49-32)31(45-4)29(43)33(47-16)48-19-12-18-5-6-22-21(35(18,3)24(38)13-19)7-9-34(2)20(8-10-36(22,34)44)17-11-25(39)46-15-17/h11,16,18-24,26-33,37-38,40-44H,5-10,12-15H2,1-4H3/t16-,18-,19-,20-,21?,22-,23-,24-,26-,27+,28-,29+,30+,31-,32+,33-,34-,35+,36+/m1/s1. The average molecular weight is 713 g/mol. The van der Waals surface area contributed by atoms with Gasteiger partial charge >= 0.3 is 5.97 Å². The number of carbonyl (C=O) groups is 1. The van der Waals surface area contributed by atoms with E-state index in [9.17, 15) is 40.5 Å². The average Bonchev–Trinajstić information content (AvgIpc) is 3.63. The Hall–Kier alpha value is -1.27. The van der Waals surface area contributed by atoms with E-state index in [0.717, 1.165) is 37.7 Å². The molecule has 0 aromatic heterocycles. The molecule has 0 aromatic rings. The summed E-state index contributed by atoms with van der Waals surface area (Å²) >= 11 is 0. The number of methoxy groups -OCH3 is 1. The zero-order valence-corrected chi connectivity index (χ0v) is 29.4. The van der Waals surface area contributed by atoms with E-state index in [4.69, 9.17) is 28.4 Å². The highest BCUT2D eigenvalue weighted by atomic mass is 16.7. The molecule has 0 spiro atoms. The van der Waals surface area contributed by atoms with Crippen LogP contribution in [0.5, 0.6) is 0 Å². The van der Waals surface area contributed by atoms with E-state index in [2.05, 4.69) is 13.8 Å². The molecule has 7 N–H and O–H groups in total. The van der Waals surface area contributed by atoms with Crippen LogP contribution in [0.2, 0.25) is 0 Å². The van der Waals surface area contributed by atoms with Crippen LogP contribution in [0.25, 0.3) is 0 Å². The third-order valence-corrected chi connectivity index (χ3v) is 14.5. The highest BCUT2D eigenvalue weighted by Gasteiger charge is 2.69.